The minimum Gasteiger partial charge on any atom is -0.321 e. The van der Waals surface area contributed by atoms with Gasteiger partial charge in [-0.25, -0.2) is 4.98 Å². The number of fused-ring (bicyclic) bond motifs is 1. The minimum atomic E-state index is -0.117. The minimum absolute atomic E-state index is 0.117. The zero-order chi connectivity index (χ0) is 21.4. The molecule has 0 aliphatic rings. The first-order valence-corrected chi connectivity index (χ1v) is 10.2. The van der Waals surface area contributed by atoms with E-state index in [4.69, 9.17) is 4.98 Å². The third-order valence-corrected chi connectivity index (χ3v) is 5.68. The Bertz CT molecular complexity index is 1260. The van der Waals surface area contributed by atoms with E-state index < -0.39 is 0 Å². The molecule has 0 spiro atoms. The molecule has 0 fully saturated rings. The SMILES string of the molecule is Cc1cc(C)c(NC(=O)c2cc(-c3ccc(C)c(C)c3)nc3ccccc23)c(C)c1. The van der Waals surface area contributed by atoms with Gasteiger partial charge < -0.3 is 5.32 Å². The number of anilines is 1. The van der Waals surface area contributed by atoms with Crippen LogP contribution in [-0.4, -0.2) is 10.9 Å². The molecule has 0 unspecified atom stereocenters. The van der Waals surface area contributed by atoms with E-state index in [1.54, 1.807) is 0 Å². The molecular weight excluding hydrogens is 368 g/mol. The number of hydrogen-bond donors (Lipinski definition) is 1. The van der Waals surface area contributed by atoms with Crippen molar-refractivity contribution in [3.8, 4) is 11.3 Å². The molecule has 0 atom stereocenters. The van der Waals surface area contributed by atoms with Crippen molar-refractivity contribution in [3.05, 3.63) is 94.0 Å². The van der Waals surface area contributed by atoms with Crippen LogP contribution in [-0.2, 0) is 0 Å². The number of rotatable bonds is 3. The summed E-state index contributed by atoms with van der Waals surface area (Å²) in [6.45, 7) is 10.3. The zero-order valence-corrected chi connectivity index (χ0v) is 18.1. The molecule has 4 rings (SSSR count). The first-order chi connectivity index (χ1) is 14.3. The summed E-state index contributed by atoms with van der Waals surface area (Å²) in [5.41, 5.74) is 9.90. The van der Waals surface area contributed by atoms with Crippen LogP contribution in [0.25, 0.3) is 22.2 Å². The van der Waals surface area contributed by atoms with Crippen LogP contribution in [0.1, 0.15) is 38.2 Å². The molecule has 150 valence electrons. The lowest BCUT2D eigenvalue weighted by Gasteiger charge is -2.15. The fourth-order valence-electron chi connectivity index (χ4n) is 3.97. The van der Waals surface area contributed by atoms with Crippen LogP contribution in [0.2, 0.25) is 0 Å². The van der Waals surface area contributed by atoms with Crippen molar-refractivity contribution in [1.82, 2.24) is 4.98 Å². The maximum Gasteiger partial charge on any atom is 0.256 e. The molecule has 0 saturated carbocycles. The summed E-state index contributed by atoms with van der Waals surface area (Å²) in [7, 11) is 0. The van der Waals surface area contributed by atoms with Gasteiger partial charge in [0.1, 0.15) is 0 Å². The zero-order valence-electron chi connectivity index (χ0n) is 18.1. The highest BCUT2D eigenvalue weighted by Crippen LogP contribution is 2.28. The lowest BCUT2D eigenvalue weighted by molar-refractivity contribution is 0.102. The second kappa shape index (κ2) is 7.75. The van der Waals surface area contributed by atoms with E-state index in [1.165, 1.54) is 16.7 Å². The van der Waals surface area contributed by atoms with Gasteiger partial charge in [-0.2, -0.15) is 0 Å². The highest BCUT2D eigenvalue weighted by atomic mass is 16.1. The van der Waals surface area contributed by atoms with Crippen molar-refractivity contribution in [2.24, 2.45) is 0 Å². The van der Waals surface area contributed by atoms with Gasteiger partial charge in [-0.1, -0.05) is 48.0 Å². The Labute approximate surface area is 177 Å². The number of benzene rings is 3. The fraction of sp³-hybridized carbons (Fsp3) is 0.185. The van der Waals surface area contributed by atoms with Crippen LogP contribution in [0.3, 0.4) is 0 Å². The summed E-state index contributed by atoms with van der Waals surface area (Å²) in [5, 5.41) is 4.00. The molecule has 0 aliphatic carbocycles. The summed E-state index contributed by atoms with van der Waals surface area (Å²) in [4.78, 5) is 18.2. The molecule has 1 heterocycles. The fourth-order valence-corrected chi connectivity index (χ4v) is 3.97. The molecule has 3 aromatic carbocycles. The topological polar surface area (TPSA) is 42.0 Å². The number of para-hydroxylation sites is 1. The number of nitrogens with zero attached hydrogens (tertiary/aromatic N) is 1. The van der Waals surface area contributed by atoms with E-state index in [1.807, 2.05) is 44.2 Å². The van der Waals surface area contributed by atoms with Crippen LogP contribution < -0.4 is 5.32 Å². The number of aryl methyl sites for hydroxylation is 5. The Kier molecular flexibility index (Phi) is 5.13. The number of nitrogens with one attached hydrogen (secondary N) is 1. The number of hydrogen-bond acceptors (Lipinski definition) is 2. The van der Waals surface area contributed by atoms with Gasteiger partial charge in [-0.05, 0) is 75.1 Å². The summed E-state index contributed by atoms with van der Waals surface area (Å²) < 4.78 is 0. The van der Waals surface area contributed by atoms with Crippen LogP contribution in [0, 0.1) is 34.6 Å². The molecular formula is C27H26N2O. The molecule has 0 saturated heterocycles. The Hall–Kier alpha value is -3.46. The van der Waals surface area contributed by atoms with Crippen LogP contribution in [0.5, 0.6) is 0 Å². The molecule has 1 amide bonds. The van der Waals surface area contributed by atoms with Gasteiger partial charge in [0.05, 0.1) is 16.8 Å². The molecule has 3 nitrogen and oxygen atoms in total. The normalized spacial score (nSPS) is 11.0. The van der Waals surface area contributed by atoms with Gasteiger partial charge in [0.15, 0.2) is 0 Å². The highest BCUT2D eigenvalue weighted by Gasteiger charge is 2.16. The number of amides is 1. The Morgan fingerprint density at radius 1 is 0.767 bits per heavy atom. The van der Waals surface area contributed by atoms with Crippen molar-refractivity contribution < 1.29 is 4.79 Å². The quantitative estimate of drug-likeness (QED) is 0.420. The highest BCUT2D eigenvalue weighted by molar-refractivity contribution is 6.13. The molecule has 3 heteroatoms. The Balaban J connectivity index is 1.83. The standard InChI is InChI=1S/C27H26N2O/c1-16-12-19(4)26(20(5)13-16)29-27(30)23-15-25(21-11-10-17(2)18(3)14-21)28-24-9-7-6-8-22(23)24/h6-15H,1-5H3,(H,29,30). The average molecular weight is 395 g/mol. The molecule has 0 bridgehead atoms. The van der Waals surface area contributed by atoms with Gasteiger partial charge in [0, 0.05) is 16.6 Å². The summed E-state index contributed by atoms with van der Waals surface area (Å²) >= 11 is 0. The third kappa shape index (κ3) is 3.71. The Morgan fingerprint density at radius 2 is 1.47 bits per heavy atom. The van der Waals surface area contributed by atoms with Crippen LogP contribution in [0.4, 0.5) is 5.69 Å². The van der Waals surface area contributed by atoms with Crippen LogP contribution in [0.15, 0.2) is 60.7 Å². The van der Waals surface area contributed by atoms with E-state index in [-0.39, 0.29) is 5.91 Å². The van der Waals surface area contributed by atoms with Crippen molar-refractivity contribution in [1.29, 1.82) is 0 Å². The first-order valence-electron chi connectivity index (χ1n) is 10.2. The van der Waals surface area contributed by atoms with Gasteiger partial charge >= 0.3 is 0 Å². The molecule has 30 heavy (non-hydrogen) atoms. The predicted molar refractivity (Wildman–Crippen MR) is 125 cm³/mol. The molecule has 4 aromatic rings. The lowest BCUT2D eigenvalue weighted by Crippen LogP contribution is -2.15. The number of pyridine rings is 1. The lowest BCUT2D eigenvalue weighted by atomic mass is 10.00. The second-order valence-corrected chi connectivity index (χ2v) is 8.10. The smallest absolute Gasteiger partial charge is 0.256 e. The molecule has 1 aromatic heterocycles. The van der Waals surface area contributed by atoms with Crippen molar-refractivity contribution >= 4 is 22.5 Å². The van der Waals surface area contributed by atoms with Crippen molar-refractivity contribution in [2.45, 2.75) is 34.6 Å². The van der Waals surface area contributed by atoms with E-state index >= 15 is 0 Å². The van der Waals surface area contributed by atoms with Gasteiger partial charge in [0.2, 0.25) is 0 Å². The van der Waals surface area contributed by atoms with Crippen molar-refractivity contribution in [2.75, 3.05) is 5.32 Å². The summed E-state index contributed by atoms with van der Waals surface area (Å²) in [6, 6.07) is 20.2. The Morgan fingerprint density at radius 3 is 2.17 bits per heavy atom. The van der Waals surface area contributed by atoms with E-state index in [0.717, 1.165) is 39.0 Å². The van der Waals surface area contributed by atoms with E-state index in [2.05, 4.69) is 56.4 Å². The summed E-state index contributed by atoms with van der Waals surface area (Å²) in [6.07, 6.45) is 0. The second-order valence-electron chi connectivity index (χ2n) is 8.10. The number of aromatic nitrogens is 1. The first kappa shape index (κ1) is 19.8. The van der Waals surface area contributed by atoms with Gasteiger partial charge in [-0.3, -0.25) is 4.79 Å². The monoisotopic (exact) mass is 394 g/mol. The van der Waals surface area contributed by atoms with E-state index in [0.29, 0.717) is 5.56 Å². The number of carbonyl (C=O) groups is 1. The largest absolute Gasteiger partial charge is 0.321 e. The maximum atomic E-state index is 13.4. The van der Waals surface area contributed by atoms with Crippen LogP contribution >= 0.6 is 0 Å². The molecule has 0 aliphatic heterocycles. The summed E-state index contributed by atoms with van der Waals surface area (Å²) in [5.74, 6) is -0.117. The average Bonchev–Trinajstić information content (AvgIpc) is 2.71. The number of carbonyl (C=O) groups excluding carboxylic acids is 1. The van der Waals surface area contributed by atoms with E-state index in [9.17, 15) is 4.79 Å². The molecule has 0 radical (unpaired) electrons. The predicted octanol–water partition coefficient (Wildman–Crippen LogP) is 6.70. The van der Waals surface area contributed by atoms with Crippen molar-refractivity contribution in [3.63, 3.8) is 0 Å². The third-order valence-electron chi connectivity index (χ3n) is 5.68. The van der Waals surface area contributed by atoms with Gasteiger partial charge in [-0.15, -0.1) is 0 Å². The van der Waals surface area contributed by atoms with Gasteiger partial charge in [0.25, 0.3) is 5.91 Å². The maximum absolute atomic E-state index is 13.4. The molecule has 1 N–H and O–H groups in total.